The quantitative estimate of drug-likeness (QED) is 0.644. The largest absolute Gasteiger partial charge is 0.482 e. The van der Waals surface area contributed by atoms with Crippen LogP contribution in [-0.4, -0.2) is 43.4 Å². The van der Waals surface area contributed by atoms with E-state index in [2.05, 4.69) is 0 Å². The third-order valence-electron chi connectivity index (χ3n) is 4.46. The maximum Gasteiger partial charge on any atom is 0.261 e. The number of carbonyl (C=O) groups excluding carboxylic acids is 1. The number of benzene rings is 2. The second kappa shape index (κ2) is 8.91. The summed E-state index contributed by atoms with van der Waals surface area (Å²) in [6.45, 7) is -0.0181. The highest BCUT2D eigenvalue weighted by Crippen LogP contribution is 2.28. The topological polar surface area (TPSA) is 63.7 Å². The third kappa shape index (κ3) is 5.54. The highest BCUT2D eigenvalue weighted by Gasteiger charge is 2.34. The number of ether oxygens (including phenoxy) is 1. The number of nitrogens with zero attached hydrogens (tertiary/aromatic N) is 1. The van der Waals surface area contributed by atoms with Gasteiger partial charge in [-0.15, -0.1) is 0 Å². The molecule has 1 heterocycles. The Kier molecular flexibility index (Phi) is 6.76. The van der Waals surface area contributed by atoms with Crippen molar-refractivity contribution in [3.05, 3.63) is 63.1 Å². The van der Waals surface area contributed by atoms with Crippen molar-refractivity contribution in [1.29, 1.82) is 0 Å². The lowest BCUT2D eigenvalue weighted by molar-refractivity contribution is -0.136. The summed E-state index contributed by atoms with van der Waals surface area (Å²) in [4.78, 5) is 14.4. The summed E-state index contributed by atoms with van der Waals surface area (Å²) in [7, 11) is -3.15. The molecule has 2 aromatic rings. The average Bonchev–Trinajstić information content (AvgIpc) is 2.98. The molecule has 0 aliphatic carbocycles. The highest BCUT2D eigenvalue weighted by atomic mass is 35.5. The number of amides is 1. The van der Waals surface area contributed by atoms with Crippen LogP contribution in [0.4, 0.5) is 0 Å². The zero-order chi connectivity index (χ0) is 20.3. The Hall–Kier alpha value is -1.47. The summed E-state index contributed by atoms with van der Waals surface area (Å²) in [5.41, 5.74) is 0.815. The van der Waals surface area contributed by atoms with Crippen LogP contribution in [0, 0.1) is 0 Å². The number of hydrogen-bond acceptors (Lipinski definition) is 4. The minimum Gasteiger partial charge on any atom is -0.482 e. The summed E-state index contributed by atoms with van der Waals surface area (Å²) in [6, 6.07) is 11.4. The van der Waals surface area contributed by atoms with E-state index in [1.807, 2.05) is 6.07 Å². The zero-order valence-corrected chi connectivity index (χ0v) is 17.9. The van der Waals surface area contributed by atoms with Crippen LogP contribution in [-0.2, 0) is 21.2 Å². The van der Waals surface area contributed by atoms with E-state index in [-0.39, 0.29) is 30.6 Å². The van der Waals surface area contributed by atoms with Crippen molar-refractivity contribution in [3.8, 4) is 5.75 Å². The maximum absolute atomic E-state index is 12.9. The number of carbonyl (C=O) groups is 1. The molecule has 28 heavy (non-hydrogen) atoms. The van der Waals surface area contributed by atoms with Gasteiger partial charge in [0.25, 0.3) is 5.91 Å². The van der Waals surface area contributed by atoms with Crippen LogP contribution < -0.4 is 4.74 Å². The van der Waals surface area contributed by atoms with E-state index in [4.69, 9.17) is 39.5 Å². The van der Waals surface area contributed by atoms with Crippen molar-refractivity contribution in [2.75, 3.05) is 18.1 Å². The van der Waals surface area contributed by atoms with Crippen LogP contribution in [0.25, 0.3) is 0 Å². The zero-order valence-electron chi connectivity index (χ0n) is 14.8. The van der Waals surface area contributed by atoms with E-state index >= 15 is 0 Å². The van der Waals surface area contributed by atoms with Gasteiger partial charge >= 0.3 is 0 Å². The molecule has 1 aliphatic heterocycles. The van der Waals surface area contributed by atoms with Crippen LogP contribution in [0.3, 0.4) is 0 Å². The smallest absolute Gasteiger partial charge is 0.261 e. The Morgan fingerprint density at radius 3 is 2.50 bits per heavy atom. The predicted octanol–water partition coefficient (Wildman–Crippen LogP) is 4.24. The summed E-state index contributed by atoms with van der Waals surface area (Å²) in [5.74, 6) is 0.0243. The second-order valence-corrected chi connectivity index (χ2v) is 10.1. The Bertz CT molecular complexity index is 981. The van der Waals surface area contributed by atoms with E-state index in [9.17, 15) is 13.2 Å². The summed E-state index contributed by atoms with van der Waals surface area (Å²) < 4.78 is 29.4. The molecule has 3 rings (SSSR count). The van der Waals surface area contributed by atoms with Crippen LogP contribution in [0.15, 0.2) is 42.5 Å². The molecule has 0 radical (unpaired) electrons. The lowest BCUT2D eigenvalue weighted by atomic mass is 10.1. The molecule has 5 nitrogen and oxygen atoms in total. The van der Waals surface area contributed by atoms with Crippen molar-refractivity contribution in [2.45, 2.75) is 19.0 Å². The average molecular weight is 463 g/mol. The Balaban J connectivity index is 1.76. The maximum atomic E-state index is 12.9. The van der Waals surface area contributed by atoms with Gasteiger partial charge in [-0.2, -0.15) is 0 Å². The number of hydrogen-bond donors (Lipinski definition) is 0. The first-order valence-corrected chi connectivity index (χ1v) is 11.5. The van der Waals surface area contributed by atoms with Gasteiger partial charge < -0.3 is 9.64 Å². The van der Waals surface area contributed by atoms with Crippen molar-refractivity contribution >= 4 is 50.5 Å². The molecule has 1 atom stereocenters. The van der Waals surface area contributed by atoms with Gasteiger partial charge in [0.15, 0.2) is 16.4 Å². The van der Waals surface area contributed by atoms with Gasteiger partial charge in [-0.3, -0.25) is 4.79 Å². The molecule has 1 aliphatic rings. The lowest BCUT2D eigenvalue weighted by Crippen LogP contribution is -2.43. The van der Waals surface area contributed by atoms with E-state index < -0.39 is 15.9 Å². The minimum absolute atomic E-state index is 0.0546. The third-order valence-corrected chi connectivity index (χ3v) is 6.97. The second-order valence-electron chi connectivity index (χ2n) is 6.57. The Morgan fingerprint density at radius 1 is 1.11 bits per heavy atom. The van der Waals surface area contributed by atoms with Gasteiger partial charge in [0.05, 0.1) is 16.5 Å². The van der Waals surface area contributed by atoms with Crippen molar-refractivity contribution in [2.24, 2.45) is 0 Å². The molecule has 0 spiro atoms. The molecule has 2 aromatic carbocycles. The van der Waals surface area contributed by atoms with E-state index in [1.165, 1.54) is 6.07 Å². The fourth-order valence-electron chi connectivity index (χ4n) is 3.09. The van der Waals surface area contributed by atoms with Crippen molar-refractivity contribution in [1.82, 2.24) is 4.90 Å². The molecule has 0 bridgehead atoms. The molecule has 1 fully saturated rings. The van der Waals surface area contributed by atoms with Gasteiger partial charge in [-0.05, 0) is 42.3 Å². The summed E-state index contributed by atoms with van der Waals surface area (Å²) in [5, 5.41) is 1.31. The number of rotatable bonds is 6. The van der Waals surface area contributed by atoms with Crippen molar-refractivity contribution in [3.63, 3.8) is 0 Å². The van der Waals surface area contributed by atoms with Gasteiger partial charge in [0.1, 0.15) is 5.75 Å². The fourth-order valence-corrected chi connectivity index (χ4v) is 5.50. The molecule has 0 N–H and O–H groups in total. The molecule has 1 amide bonds. The van der Waals surface area contributed by atoms with E-state index in [0.717, 1.165) is 5.56 Å². The predicted molar refractivity (Wildman–Crippen MR) is 111 cm³/mol. The number of halogens is 3. The SMILES string of the molecule is O=C(COc1ccc(Cl)cc1Cl)N(Cc1cccc(Cl)c1)[C@@H]1CCS(=O)(=O)C1. The minimum atomic E-state index is -3.15. The van der Waals surface area contributed by atoms with E-state index in [0.29, 0.717) is 27.2 Å². The fraction of sp³-hybridized carbons (Fsp3) is 0.316. The first kappa shape index (κ1) is 21.2. The Morgan fingerprint density at radius 2 is 1.86 bits per heavy atom. The van der Waals surface area contributed by atoms with Crippen LogP contribution in [0.5, 0.6) is 5.75 Å². The van der Waals surface area contributed by atoms with Crippen molar-refractivity contribution < 1.29 is 17.9 Å². The van der Waals surface area contributed by atoms with Gasteiger partial charge in [-0.25, -0.2) is 8.42 Å². The molecule has 0 unspecified atom stereocenters. The highest BCUT2D eigenvalue weighted by molar-refractivity contribution is 7.91. The molecule has 9 heteroatoms. The molecule has 150 valence electrons. The van der Waals surface area contributed by atoms with Gasteiger partial charge in [0.2, 0.25) is 0 Å². The summed E-state index contributed by atoms with van der Waals surface area (Å²) in [6.07, 6.45) is 0.399. The summed E-state index contributed by atoms with van der Waals surface area (Å²) >= 11 is 18.0. The molecule has 0 aromatic heterocycles. The van der Waals surface area contributed by atoms with Crippen LogP contribution in [0.1, 0.15) is 12.0 Å². The standard InChI is InChI=1S/C19H18Cl3NO4S/c20-14-3-1-2-13(8-14)10-23(16-6-7-28(25,26)12-16)19(24)11-27-18-5-4-15(21)9-17(18)22/h1-5,8-9,16H,6-7,10-12H2/t16-/m1/s1. The van der Waals surface area contributed by atoms with E-state index in [1.54, 1.807) is 35.2 Å². The van der Waals surface area contributed by atoms with Gasteiger partial charge in [0, 0.05) is 22.6 Å². The first-order chi connectivity index (χ1) is 13.2. The molecule has 0 saturated carbocycles. The monoisotopic (exact) mass is 461 g/mol. The van der Waals surface area contributed by atoms with Gasteiger partial charge in [-0.1, -0.05) is 46.9 Å². The normalized spacial score (nSPS) is 18.0. The molecular formula is C19H18Cl3NO4S. The lowest BCUT2D eigenvalue weighted by Gasteiger charge is -2.28. The van der Waals surface area contributed by atoms with Crippen LogP contribution in [0.2, 0.25) is 15.1 Å². The van der Waals surface area contributed by atoms with Crippen LogP contribution >= 0.6 is 34.8 Å². The number of sulfone groups is 1. The molecular weight excluding hydrogens is 445 g/mol. The Labute approximate surface area is 179 Å². The molecule has 1 saturated heterocycles. The first-order valence-electron chi connectivity index (χ1n) is 8.56.